The normalized spacial score (nSPS) is 16.0. The van der Waals surface area contributed by atoms with Crippen LogP contribution < -0.4 is 5.32 Å². The number of aromatic nitrogens is 1. The van der Waals surface area contributed by atoms with Gasteiger partial charge in [-0.1, -0.05) is 35.5 Å². The quantitative estimate of drug-likeness (QED) is 0.672. The van der Waals surface area contributed by atoms with Crippen LogP contribution in [0.2, 0.25) is 0 Å². The van der Waals surface area contributed by atoms with Crippen LogP contribution in [0.25, 0.3) is 11.3 Å². The van der Waals surface area contributed by atoms with Gasteiger partial charge in [0.1, 0.15) is 11.5 Å². The molecule has 1 saturated heterocycles. The van der Waals surface area contributed by atoms with Crippen molar-refractivity contribution in [2.45, 2.75) is 32.7 Å². The maximum absolute atomic E-state index is 13.1. The predicted octanol–water partition coefficient (Wildman–Crippen LogP) is 4.37. The molecule has 28 heavy (non-hydrogen) atoms. The number of nitrogens with zero attached hydrogens (tertiary/aromatic N) is 1. The van der Waals surface area contributed by atoms with Crippen LogP contribution in [0.1, 0.15) is 29.0 Å². The molecule has 1 amide bonds. The first-order chi connectivity index (χ1) is 13.7. The average Bonchev–Trinajstić information content (AvgIpc) is 3.39. The molecule has 1 aliphatic heterocycles. The van der Waals surface area contributed by atoms with Crippen LogP contribution in [0.3, 0.4) is 0 Å². The molecule has 0 bridgehead atoms. The van der Waals surface area contributed by atoms with E-state index in [1.807, 2.05) is 41.8 Å². The molecule has 6 heteroatoms. The predicted molar refractivity (Wildman–Crippen MR) is 109 cm³/mol. The Morgan fingerprint density at radius 1 is 1.21 bits per heavy atom. The van der Waals surface area contributed by atoms with Crippen LogP contribution in [-0.2, 0) is 22.5 Å². The Morgan fingerprint density at radius 3 is 2.79 bits per heavy atom. The third-order valence-electron chi connectivity index (χ3n) is 5.43. The molecule has 5 nitrogen and oxygen atoms in total. The summed E-state index contributed by atoms with van der Waals surface area (Å²) in [7, 11) is 0. The number of nitrogens with one attached hydrogen (secondary N) is 1. The third kappa shape index (κ3) is 4.03. The fraction of sp³-hybridized carbons (Fsp3) is 0.364. The van der Waals surface area contributed by atoms with E-state index in [4.69, 9.17) is 9.26 Å². The minimum Gasteiger partial charge on any atom is -0.381 e. The minimum absolute atomic E-state index is 0.0676. The van der Waals surface area contributed by atoms with Gasteiger partial charge in [0.05, 0.1) is 12.0 Å². The van der Waals surface area contributed by atoms with Gasteiger partial charge in [0, 0.05) is 36.1 Å². The molecule has 1 fully saturated rings. The first-order valence-corrected chi connectivity index (χ1v) is 10.4. The van der Waals surface area contributed by atoms with Crippen molar-refractivity contribution < 1.29 is 14.1 Å². The number of aryl methyl sites for hydroxylation is 1. The van der Waals surface area contributed by atoms with Gasteiger partial charge in [-0.25, -0.2) is 0 Å². The maximum Gasteiger partial charge on any atom is 0.227 e. The Bertz CT molecular complexity index is 927. The summed E-state index contributed by atoms with van der Waals surface area (Å²) in [5.74, 6) is 0.810. The monoisotopic (exact) mass is 396 g/mol. The number of benzene rings is 1. The lowest BCUT2D eigenvalue weighted by Gasteiger charge is -2.35. The molecule has 1 aliphatic rings. The zero-order valence-electron chi connectivity index (χ0n) is 15.9. The van der Waals surface area contributed by atoms with Crippen LogP contribution >= 0.6 is 11.3 Å². The highest BCUT2D eigenvalue weighted by Crippen LogP contribution is 2.36. The molecule has 3 aromatic rings. The van der Waals surface area contributed by atoms with E-state index in [2.05, 4.69) is 23.5 Å². The molecule has 0 atom stereocenters. The smallest absolute Gasteiger partial charge is 0.227 e. The van der Waals surface area contributed by atoms with E-state index in [0.717, 1.165) is 27.5 Å². The first-order valence-electron chi connectivity index (χ1n) is 9.56. The number of carbonyl (C=O) groups is 1. The molecule has 0 saturated carbocycles. The molecule has 1 aromatic carbocycles. The number of rotatable bonds is 6. The summed E-state index contributed by atoms with van der Waals surface area (Å²) in [6, 6.07) is 14.1. The van der Waals surface area contributed by atoms with Crippen molar-refractivity contribution in [3.05, 3.63) is 64.0 Å². The van der Waals surface area contributed by atoms with Crippen molar-refractivity contribution in [1.82, 2.24) is 10.5 Å². The van der Waals surface area contributed by atoms with Crippen molar-refractivity contribution in [3.8, 4) is 11.3 Å². The lowest BCUT2D eigenvalue weighted by molar-refractivity contribution is -0.137. The van der Waals surface area contributed by atoms with Gasteiger partial charge in [-0.3, -0.25) is 4.79 Å². The molecule has 0 spiro atoms. The summed E-state index contributed by atoms with van der Waals surface area (Å²) in [6.07, 6.45) is 1.90. The van der Waals surface area contributed by atoms with Crippen LogP contribution in [-0.4, -0.2) is 24.3 Å². The standard InChI is InChI=1S/C22H24N2O3S/c1-16-5-2-3-7-19(16)20-13-17(27-24-20)14-22(8-10-26-11-9-22)21(25)23-15-18-6-4-12-28-18/h2-7,12-13H,8-11,14-15H2,1H3,(H,23,25). The Balaban J connectivity index is 1.52. The Morgan fingerprint density at radius 2 is 2.04 bits per heavy atom. The van der Waals surface area contributed by atoms with Crippen molar-refractivity contribution in [2.24, 2.45) is 5.41 Å². The molecule has 0 unspecified atom stereocenters. The van der Waals surface area contributed by atoms with Crippen LogP contribution in [0.4, 0.5) is 0 Å². The van der Waals surface area contributed by atoms with Crippen LogP contribution in [0, 0.1) is 12.3 Å². The maximum atomic E-state index is 13.1. The van der Waals surface area contributed by atoms with E-state index in [0.29, 0.717) is 39.0 Å². The minimum atomic E-state index is -0.516. The summed E-state index contributed by atoms with van der Waals surface area (Å²) in [6.45, 7) is 3.79. The van der Waals surface area contributed by atoms with Gasteiger partial charge in [-0.15, -0.1) is 11.3 Å². The van der Waals surface area contributed by atoms with E-state index in [-0.39, 0.29) is 5.91 Å². The van der Waals surface area contributed by atoms with Crippen molar-refractivity contribution in [3.63, 3.8) is 0 Å². The second-order valence-electron chi connectivity index (χ2n) is 7.32. The fourth-order valence-corrected chi connectivity index (χ4v) is 4.38. The molecular formula is C22H24N2O3S. The number of thiophene rings is 1. The van der Waals surface area contributed by atoms with E-state index in [1.54, 1.807) is 11.3 Å². The fourth-order valence-electron chi connectivity index (χ4n) is 3.73. The van der Waals surface area contributed by atoms with Gasteiger partial charge < -0.3 is 14.6 Å². The van der Waals surface area contributed by atoms with Crippen molar-refractivity contribution in [2.75, 3.05) is 13.2 Å². The number of carbonyl (C=O) groups excluding carboxylic acids is 1. The topological polar surface area (TPSA) is 64.4 Å². The SMILES string of the molecule is Cc1ccccc1-c1cc(CC2(C(=O)NCc3cccs3)CCOCC2)on1. The van der Waals surface area contributed by atoms with E-state index >= 15 is 0 Å². The molecular weight excluding hydrogens is 372 g/mol. The van der Waals surface area contributed by atoms with E-state index < -0.39 is 5.41 Å². The van der Waals surface area contributed by atoms with Gasteiger partial charge in [0.15, 0.2) is 0 Å². The average molecular weight is 397 g/mol. The number of hydrogen-bond donors (Lipinski definition) is 1. The molecule has 2 aromatic heterocycles. The Kier molecular flexibility index (Phi) is 5.59. The summed E-state index contributed by atoms with van der Waals surface area (Å²) in [4.78, 5) is 14.3. The molecule has 3 heterocycles. The molecule has 4 rings (SSSR count). The Labute approximate surface area is 168 Å². The lowest BCUT2D eigenvalue weighted by atomic mass is 9.75. The van der Waals surface area contributed by atoms with Crippen molar-refractivity contribution >= 4 is 17.2 Å². The summed E-state index contributed by atoms with van der Waals surface area (Å²) in [5, 5.41) is 9.39. The lowest BCUT2D eigenvalue weighted by Crippen LogP contribution is -2.45. The Hall–Kier alpha value is -2.44. The van der Waals surface area contributed by atoms with Crippen molar-refractivity contribution in [1.29, 1.82) is 0 Å². The molecule has 146 valence electrons. The number of amides is 1. The van der Waals surface area contributed by atoms with Gasteiger partial charge in [0.2, 0.25) is 5.91 Å². The highest BCUT2D eigenvalue weighted by Gasteiger charge is 2.41. The summed E-state index contributed by atoms with van der Waals surface area (Å²) >= 11 is 1.65. The van der Waals surface area contributed by atoms with Gasteiger partial charge in [-0.2, -0.15) is 0 Å². The molecule has 0 aliphatic carbocycles. The third-order valence-corrected chi connectivity index (χ3v) is 6.30. The van der Waals surface area contributed by atoms with E-state index in [9.17, 15) is 4.79 Å². The van der Waals surface area contributed by atoms with E-state index in [1.165, 1.54) is 0 Å². The number of ether oxygens (including phenoxy) is 1. The largest absolute Gasteiger partial charge is 0.381 e. The molecule has 1 N–H and O–H groups in total. The summed E-state index contributed by atoms with van der Waals surface area (Å²) in [5.41, 5.74) is 2.50. The van der Waals surface area contributed by atoms with Gasteiger partial charge in [-0.05, 0) is 36.8 Å². The van der Waals surface area contributed by atoms with Gasteiger partial charge >= 0.3 is 0 Å². The number of hydrogen-bond acceptors (Lipinski definition) is 5. The first kappa shape index (κ1) is 18.9. The zero-order chi connectivity index (χ0) is 19.4. The van der Waals surface area contributed by atoms with Crippen LogP contribution in [0.5, 0.6) is 0 Å². The highest BCUT2D eigenvalue weighted by atomic mass is 32.1. The molecule has 0 radical (unpaired) electrons. The van der Waals surface area contributed by atoms with Gasteiger partial charge in [0.25, 0.3) is 0 Å². The van der Waals surface area contributed by atoms with Crippen LogP contribution in [0.15, 0.2) is 52.4 Å². The highest BCUT2D eigenvalue weighted by molar-refractivity contribution is 7.09. The zero-order valence-corrected chi connectivity index (χ0v) is 16.8. The summed E-state index contributed by atoms with van der Waals surface area (Å²) < 4.78 is 11.2. The second kappa shape index (κ2) is 8.29. The second-order valence-corrected chi connectivity index (χ2v) is 8.36.